The van der Waals surface area contributed by atoms with E-state index in [2.05, 4.69) is 5.32 Å². The number of anilines is 1. The first-order valence-electron chi connectivity index (χ1n) is 7.21. The quantitative estimate of drug-likeness (QED) is 0.771. The zero-order chi connectivity index (χ0) is 17.0. The summed E-state index contributed by atoms with van der Waals surface area (Å²) in [4.78, 5) is 25.5. The van der Waals surface area contributed by atoms with Gasteiger partial charge in [-0.05, 0) is 24.6 Å². The van der Waals surface area contributed by atoms with Gasteiger partial charge in [0.2, 0.25) is 0 Å². The van der Waals surface area contributed by atoms with Crippen LogP contribution in [0.4, 0.5) is 5.69 Å². The molecule has 1 N–H and O–H groups in total. The van der Waals surface area contributed by atoms with Gasteiger partial charge in [0.15, 0.2) is 16.4 Å². The molecule has 1 atom stereocenters. The Balaban J connectivity index is 1.84. The zero-order valence-electron chi connectivity index (χ0n) is 13.1. The van der Waals surface area contributed by atoms with Crippen molar-refractivity contribution in [1.29, 1.82) is 0 Å². The van der Waals surface area contributed by atoms with E-state index in [0.29, 0.717) is 12.0 Å². The molecular weight excluding hydrogens is 320 g/mol. The average Bonchev–Trinajstić information content (AvgIpc) is 2.83. The zero-order valence-corrected chi connectivity index (χ0v) is 13.9. The molecule has 126 valence electrons. The van der Waals surface area contributed by atoms with E-state index in [4.69, 9.17) is 4.74 Å². The molecule has 1 fully saturated rings. The van der Waals surface area contributed by atoms with Crippen LogP contribution in [0.2, 0.25) is 0 Å². The molecule has 1 saturated heterocycles. The van der Waals surface area contributed by atoms with E-state index in [0.717, 1.165) is 5.69 Å². The molecule has 1 amide bonds. The van der Waals surface area contributed by atoms with E-state index >= 15 is 0 Å². The van der Waals surface area contributed by atoms with Crippen LogP contribution in [0.1, 0.15) is 16.8 Å². The Kier molecular flexibility index (Phi) is 5.25. The molecule has 0 aromatic heterocycles. The van der Waals surface area contributed by atoms with Gasteiger partial charge in [0.1, 0.15) is 0 Å². The lowest BCUT2D eigenvalue weighted by Gasteiger charge is -2.14. The Labute approximate surface area is 135 Å². The molecule has 2 rings (SSSR count). The molecule has 0 aliphatic carbocycles. The number of carbonyl (C=O) groups excluding carboxylic acids is 2. The number of rotatable bonds is 5. The number of benzene rings is 1. The topological polar surface area (TPSA) is 92.8 Å². The summed E-state index contributed by atoms with van der Waals surface area (Å²) in [6, 6.07) is 6.46. The lowest BCUT2D eigenvalue weighted by molar-refractivity contribution is -0.124. The highest BCUT2D eigenvalue weighted by molar-refractivity contribution is 7.91. The fourth-order valence-electron chi connectivity index (χ4n) is 2.30. The lowest BCUT2D eigenvalue weighted by Crippen LogP contribution is -2.38. The molecule has 8 heteroatoms. The monoisotopic (exact) mass is 340 g/mol. The summed E-state index contributed by atoms with van der Waals surface area (Å²) >= 11 is 0. The first-order chi connectivity index (χ1) is 10.8. The van der Waals surface area contributed by atoms with Gasteiger partial charge >= 0.3 is 5.97 Å². The Bertz CT molecular complexity index is 700. The fraction of sp³-hybridized carbons (Fsp3) is 0.467. The van der Waals surface area contributed by atoms with Gasteiger partial charge in [0, 0.05) is 25.8 Å². The number of carbonyl (C=O) groups is 2. The van der Waals surface area contributed by atoms with Crippen molar-refractivity contribution in [2.75, 3.05) is 37.1 Å². The summed E-state index contributed by atoms with van der Waals surface area (Å²) < 4.78 is 27.6. The van der Waals surface area contributed by atoms with E-state index in [1.807, 2.05) is 25.1 Å². The van der Waals surface area contributed by atoms with Gasteiger partial charge in [-0.3, -0.25) is 4.79 Å². The molecule has 1 aromatic carbocycles. The Morgan fingerprint density at radius 1 is 1.35 bits per heavy atom. The minimum absolute atomic E-state index is 0.0580. The van der Waals surface area contributed by atoms with Crippen LogP contribution < -0.4 is 10.2 Å². The molecule has 1 aliphatic rings. The largest absolute Gasteiger partial charge is 0.452 e. The minimum Gasteiger partial charge on any atom is -0.452 e. The Morgan fingerprint density at radius 3 is 2.70 bits per heavy atom. The van der Waals surface area contributed by atoms with Gasteiger partial charge in [0.05, 0.1) is 17.1 Å². The molecule has 1 unspecified atom stereocenters. The van der Waals surface area contributed by atoms with Crippen LogP contribution >= 0.6 is 0 Å². The summed E-state index contributed by atoms with van der Waals surface area (Å²) in [7, 11) is 0.654. The van der Waals surface area contributed by atoms with E-state index in [-0.39, 0.29) is 11.5 Å². The first kappa shape index (κ1) is 17.3. The predicted molar refractivity (Wildman–Crippen MR) is 86.3 cm³/mol. The van der Waals surface area contributed by atoms with Crippen molar-refractivity contribution in [2.45, 2.75) is 12.5 Å². The summed E-state index contributed by atoms with van der Waals surface area (Å²) in [5.41, 5.74) is 1.20. The second-order valence-corrected chi connectivity index (χ2v) is 7.92. The van der Waals surface area contributed by atoms with E-state index < -0.39 is 34.4 Å². The van der Waals surface area contributed by atoms with Crippen molar-refractivity contribution < 1.29 is 22.7 Å². The number of hydrogen-bond donors (Lipinski definition) is 1. The van der Waals surface area contributed by atoms with Gasteiger partial charge in [-0.2, -0.15) is 0 Å². The van der Waals surface area contributed by atoms with Crippen LogP contribution in [0.25, 0.3) is 0 Å². The standard InChI is InChI=1S/C15H20N2O5S/c1-17(2)13-5-3-4-11(8-13)15(19)22-9-14(18)16-12-6-7-23(20,21)10-12/h3-5,8,12H,6-7,9-10H2,1-2H3,(H,16,18). The highest BCUT2D eigenvalue weighted by Gasteiger charge is 2.29. The van der Waals surface area contributed by atoms with E-state index in [1.165, 1.54) is 0 Å². The average molecular weight is 340 g/mol. The molecule has 0 radical (unpaired) electrons. The number of ether oxygens (including phenoxy) is 1. The maximum Gasteiger partial charge on any atom is 0.338 e. The molecule has 0 saturated carbocycles. The molecule has 0 bridgehead atoms. The number of hydrogen-bond acceptors (Lipinski definition) is 6. The van der Waals surface area contributed by atoms with Crippen molar-refractivity contribution in [3.8, 4) is 0 Å². The normalized spacial score (nSPS) is 19.1. The van der Waals surface area contributed by atoms with Gasteiger partial charge in [0.25, 0.3) is 5.91 Å². The van der Waals surface area contributed by atoms with E-state index in [9.17, 15) is 18.0 Å². The predicted octanol–water partition coefficient (Wildman–Crippen LogP) is 0.213. The molecule has 23 heavy (non-hydrogen) atoms. The van der Waals surface area contributed by atoms with Crippen molar-refractivity contribution in [2.24, 2.45) is 0 Å². The third-order valence-electron chi connectivity index (χ3n) is 3.53. The van der Waals surface area contributed by atoms with Crippen LogP contribution in [0, 0.1) is 0 Å². The minimum atomic E-state index is -3.06. The molecule has 7 nitrogen and oxygen atoms in total. The molecular formula is C15H20N2O5S. The number of esters is 1. The Hall–Kier alpha value is -2.09. The van der Waals surface area contributed by atoms with Crippen LogP contribution in [0.3, 0.4) is 0 Å². The fourth-order valence-corrected chi connectivity index (χ4v) is 3.98. The maximum atomic E-state index is 11.9. The van der Waals surface area contributed by atoms with Gasteiger partial charge in [-0.1, -0.05) is 6.07 Å². The highest BCUT2D eigenvalue weighted by atomic mass is 32.2. The SMILES string of the molecule is CN(C)c1cccc(C(=O)OCC(=O)NC2CCS(=O)(=O)C2)c1. The van der Waals surface area contributed by atoms with Gasteiger partial charge < -0.3 is 15.0 Å². The third kappa shape index (κ3) is 4.95. The smallest absolute Gasteiger partial charge is 0.338 e. The molecule has 1 aromatic rings. The third-order valence-corrected chi connectivity index (χ3v) is 5.30. The highest BCUT2D eigenvalue weighted by Crippen LogP contribution is 2.14. The second-order valence-electron chi connectivity index (χ2n) is 5.69. The van der Waals surface area contributed by atoms with Crippen molar-refractivity contribution in [3.63, 3.8) is 0 Å². The molecule has 1 aliphatic heterocycles. The number of amides is 1. The number of nitrogens with zero attached hydrogens (tertiary/aromatic N) is 1. The van der Waals surface area contributed by atoms with Gasteiger partial charge in [-0.15, -0.1) is 0 Å². The summed E-state index contributed by atoms with van der Waals surface area (Å²) in [6.45, 7) is -0.429. The van der Waals surface area contributed by atoms with Crippen molar-refractivity contribution in [1.82, 2.24) is 5.32 Å². The molecule has 1 heterocycles. The van der Waals surface area contributed by atoms with Crippen LogP contribution in [0.15, 0.2) is 24.3 Å². The van der Waals surface area contributed by atoms with Gasteiger partial charge in [-0.25, -0.2) is 13.2 Å². The summed E-state index contributed by atoms with van der Waals surface area (Å²) in [5, 5.41) is 2.57. The Morgan fingerprint density at radius 2 is 2.09 bits per heavy atom. The van der Waals surface area contributed by atoms with E-state index in [1.54, 1.807) is 18.2 Å². The van der Waals surface area contributed by atoms with Crippen LogP contribution in [0.5, 0.6) is 0 Å². The van der Waals surface area contributed by atoms with Crippen LogP contribution in [-0.4, -0.2) is 58.5 Å². The van der Waals surface area contributed by atoms with Crippen molar-refractivity contribution in [3.05, 3.63) is 29.8 Å². The summed E-state index contributed by atoms with van der Waals surface area (Å²) in [5.74, 6) is -1.07. The maximum absolute atomic E-state index is 11.9. The van der Waals surface area contributed by atoms with Crippen molar-refractivity contribution >= 4 is 27.4 Å². The second kappa shape index (κ2) is 6.99. The summed E-state index contributed by atoms with van der Waals surface area (Å²) in [6.07, 6.45) is 0.396. The number of sulfone groups is 1. The first-order valence-corrected chi connectivity index (χ1v) is 9.03. The number of nitrogens with one attached hydrogen (secondary N) is 1. The lowest BCUT2D eigenvalue weighted by atomic mass is 10.2. The van der Waals surface area contributed by atoms with Crippen LogP contribution in [-0.2, 0) is 19.4 Å². The molecule has 0 spiro atoms.